The molecule has 1 heterocycles. The number of halogens is 1. The number of esters is 2. The summed E-state index contributed by atoms with van der Waals surface area (Å²) in [7, 11) is 2.29. The van der Waals surface area contributed by atoms with Crippen molar-refractivity contribution in [3.05, 3.63) is 113 Å². The number of rotatable bonds is 5. The number of allylic oxidation sites excluding steroid dienone is 1. The third-order valence-electron chi connectivity index (χ3n) is 5.91. The molecule has 1 unspecified atom stereocenters. The Bertz CT molecular complexity index is 1430. The first-order chi connectivity index (χ1) is 17.4. The van der Waals surface area contributed by atoms with Crippen molar-refractivity contribution in [2.24, 2.45) is 5.73 Å². The van der Waals surface area contributed by atoms with Crippen LogP contribution in [0.5, 0.6) is 0 Å². The van der Waals surface area contributed by atoms with Gasteiger partial charge in [0.25, 0.3) is 0 Å². The molecule has 0 amide bonds. The molecule has 1 aliphatic rings. The Balaban J connectivity index is 2.00. The Morgan fingerprint density at radius 3 is 2.08 bits per heavy atom. The largest absolute Gasteiger partial charge is 0.466 e. The standard InChI is InChI=1S/C28H22FN3O4/c1-35-27(33)24-23(18-11-7-4-8-12-18)20(16-30)26(31)32(25(24)28(34)36-2)22-14-13-19(15-21(22)29)17-9-5-3-6-10-17/h3-15,23H,31H2,1-2H3. The summed E-state index contributed by atoms with van der Waals surface area (Å²) < 4.78 is 25.6. The molecule has 0 aliphatic carbocycles. The van der Waals surface area contributed by atoms with Crippen molar-refractivity contribution in [1.29, 1.82) is 5.26 Å². The number of anilines is 1. The summed E-state index contributed by atoms with van der Waals surface area (Å²) in [5, 5.41) is 10.1. The van der Waals surface area contributed by atoms with E-state index in [-0.39, 0.29) is 28.4 Å². The SMILES string of the molecule is COC(=O)C1=C(C(=O)OC)N(c2ccc(-c3ccccc3)cc2F)C(N)=C(C#N)C1c1ccccc1. The van der Waals surface area contributed by atoms with E-state index in [1.807, 2.05) is 36.4 Å². The van der Waals surface area contributed by atoms with Gasteiger partial charge in [0.2, 0.25) is 0 Å². The fourth-order valence-electron chi connectivity index (χ4n) is 4.26. The van der Waals surface area contributed by atoms with E-state index in [4.69, 9.17) is 15.2 Å². The normalized spacial score (nSPS) is 15.4. The van der Waals surface area contributed by atoms with Crippen LogP contribution in [0.3, 0.4) is 0 Å². The van der Waals surface area contributed by atoms with Crippen molar-refractivity contribution in [3.63, 3.8) is 0 Å². The van der Waals surface area contributed by atoms with Crippen LogP contribution in [0.15, 0.2) is 102 Å². The Morgan fingerprint density at radius 2 is 1.53 bits per heavy atom. The van der Waals surface area contributed by atoms with Gasteiger partial charge in [-0.05, 0) is 28.8 Å². The van der Waals surface area contributed by atoms with Crippen molar-refractivity contribution in [3.8, 4) is 17.2 Å². The summed E-state index contributed by atoms with van der Waals surface area (Å²) in [6.07, 6.45) is 0. The molecule has 2 N–H and O–H groups in total. The van der Waals surface area contributed by atoms with Gasteiger partial charge in [-0.15, -0.1) is 0 Å². The first-order valence-corrected chi connectivity index (χ1v) is 10.9. The topological polar surface area (TPSA) is 106 Å². The molecule has 7 nitrogen and oxygen atoms in total. The molecule has 0 spiro atoms. The lowest BCUT2D eigenvalue weighted by Gasteiger charge is -2.36. The molecular weight excluding hydrogens is 461 g/mol. The maximum Gasteiger partial charge on any atom is 0.355 e. The smallest absolute Gasteiger partial charge is 0.355 e. The van der Waals surface area contributed by atoms with E-state index in [0.717, 1.165) is 24.7 Å². The Kier molecular flexibility index (Phi) is 6.84. The van der Waals surface area contributed by atoms with Crippen LogP contribution in [-0.4, -0.2) is 26.2 Å². The van der Waals surface area contributed by atoms with Gasteiger partial charge in [-0.1, -0.05) is 66.7 Å². The Labute approximate surface area is 207 Å². The molecule has 0 aromatic heterocycles. The highest BCUT2D eigenvalue weighted by molar-refractivity contribution is 6.06. The second kappa shape index (κ2) is 10.2. The molecule has 1 atom stereocenters. The summed E-state index contributed by atoms with van der Waals surface area (Å²) in [4.78, 5) is 27.2. The number of hydrogen-bond donors (Lipinski definition) is 1. The summed E-state index contributed by atoms with van der Waals surface area (Å²) in [6.45, 7) is 0. The van der Waals surface area contributed by atoms with Crippen molar-refractivity contribution in [2.75, 3.05) is 19.1 Å². The molecule has 3 aromatic carbocycles. The molecule has 0 bridgehead atoms. The molecule has 4 rings (SSSR count). The van der Waals surface area contributed by atoms with Gasteiger partial charge in [0.15, 0.2) is 0 Å². The molecule has 36 heavy (non-hydrogen) atoms. The zero-order valence-electron chi connectivity index (χ0n) is 19.6. The number of carbonyl (C=O) groups is 2. The predicted molar refractivity (Wildman–Crippen MR) is 131 cm³/mol. The average Bonchev–Trinajstić information content (AvgIpc) is 2.92. The molecule has 0 saturated heterocycles. The van der Waals surface area contributed by atoms with E-state index in [0.29, 0.717) is 11.1 Å². The quantitative estimate of drug-likeness (QED) is 0.537. The molecule has 3 aromatic rings. The predicted octanol–water partition coefficient (Wildman–Crippen LogP) is 4.39. The summed E-state index contributed by atoms with van der Waals surface area (Å²) >= 11 is 0. The van der Waals surface area contributed by atoms with Gasteiger partial charge in [0, 0.05) is 0 Å². The van der Waals surface area contributed by atoms with Gasteiger partial charge >= 0.3 is 11.9 Å². The van der Waals surface area contributed by atoms with Gasteiger partial charge in [-0.3, -0.25) is 4.90 Å². The Hall–Kier alpha value is -4.90. The number of benzene rings is 3. The van der Waals surface area contributed by atoms with Crippen molar-refractivity contribution in [1.82, 2.24) is 0 Å². The van der Waals surface area contributed by atoms with E-state index >= 15 is 4.39 Å². The van der Waals surface area contributed by atoms with Crippen LogP contribution < -0.4 is 10.6 Å². The van der Waals surface area contributed by atoms with Crippen LogP contribution in [0.4, 0.5) is 10.1 Å². The molecule has 8 heteroatoms. The van der Waals surface area contributed by atoms with Gasteiger partial charge in [0.1, 0.15) is 17.3 Å². The second-order valence-electron chi connectivity index (χ2n) is 7.87. The van der Waals surface area contributed by atoms with Crippen LogP contribution >= 0.6 is 0 Å². The van der Waals surface area contributed by atoms with Crippen molar-refractivity contribution in [2.45, 2.75) is 5.92 Å². The van der Waals surface area contributed by atoms with Gasteiger partial charge < -0.3 is 15.2 Å². The van der Waals surface area contributed by atoms with Crippen LogP contribution in [0.25, 0.3) is 11.1 Å². The van der Waals surface area contributed by atoms with Crippen molar-refractivity contribution >= 4 is 17.6 Å². The van der Waals surface area contributed by atoms with E-state index in [1.165, 1.54) is 12.1 Å². The lowest BCUT2D eigenvalue weighted by Crippen LogP contribution is -2.41. The van der Waals surface area contributed by atoms with E-state index in [1.54, 1.807) is 36.4 Å². The first kappa shape index (κ1) is 24.2. The lowest BCUT2D eigenvalue weighted by atomic mass is 9.81. The fourth-order valence-corrected chi connectivity index (χ4v) is 4.26. The summed E-state index contributed by atoms with van der Waals surface area (Å²) in [5.41, 5.74) is 7.63. The average molecular weight is 483 g/mol. The number of nitrogens with zero attached hydrogens (tertiary/aromatic N) is 2. The van der Waals surface area contributed by atoms with Crippen LogP contribution in [0.2, 0.25) is 0 Å². The number of ether oxygens (including phenoxy) is 2. The molecule has 0 saturated carbocycles. The van der Waals surface area contributed by atoms with Gasteiger partial charge in [0.05, 0.1) is 43.0 Å². The van der Waals surface area contributed by atoms with Gasteiger partial charge in [-0.2, -0.15) is 5.26 Å². The highest BCUT2D eigenvalue weighted by Crippen LogP contribution is 2.44. The monoisotopic (exact) mass is 483 g/mol. The number of nitrogens with two attached hydrogens (primary N) is 1. The van der Waals surface area contributed by atoms with Crippen LogP contribution in [-0.2, 0) is 19.1 Å². The maximum absolute atomic E-state index is 15.6. The third-order valence-corrected chi connectivity index (χ3v) is 5.91. The fraction of sp³-hybridized carbons (Fsp3) is 0.107. The number of hydrogen-bond acceptors (Lipinski definition) is 7. The number of methoxy groups -OCH3 is 2. The maximum atomic E-state index is 15.6. The molecule has 180 valence electrons. The summed E-state index contributed by atoms with van der Waals surface area (Å²) in [6, 6.07) is 24.2. The first-order valence-electron chi connectivity index (χ1n) is 10.9. The summed E-state index contributed by atoms with van der Waals surface area (Å²) in [5.74, 6) is -3.77. The molecular formula is C28H22FN3O4. The minimum absolute atomic E-state index is 0.0409. The van der Waals surface area contributed by atoms with Crippen LogP contribution in [0.1, 0.15) is 11.5 Å². The van der Waals surface area contributed by atoms with Crippen molar-refractivity contribution < 1.29 is 23.5 Å². The Morgan fingerprint density at radius 1 is 0.917 bits per heavy atom. The second-order valence-corrected chi connectivity index (χ2v) is 7.87. The number of carbonyl (C=O) groups excluding carboxylic acids is 2. The zero-order valence-corrected chi connectivity index (χ0v) is 19.6. The van der Waals surface area contributed by atoms with Crippen LogP contribution in [0, 0.1) is 17.1 Å². The van der Waals surface area contributed by atoms with E-state index in [2.05, 4.69) is 0 Å². The highest BCUT2D eigenvalue weighted by Gasteiger charge is 2.43. The minimum Gasteiger partial charge on any atom is -0.466 e. The molecule has 0 radical (unpaired) electrons. The molecule has 1 aliphatic heterocycles. The third kappa shape index (κ3) is 4.18. The highest BCUT2D eigenvalue weighted by atomic mass is 19.1. The van der Waals surface area contributed by atoms with E-state index in [9.17, 15) is 14.9 Å². The molecule has 0 fully saturated rings. The van der Waals surface area contributed by atoms with E-state index < -0.39 is 23.7 Å². The minimum atomic E-state index is -1.03. The van der Waals surface area contributed by atoms with Gasteiger partial charge in [-0.25, -0.2) is 14.0 Å². The number of nitriles is 1. The lowest BCUT2D eigenvalue weighted by molar-refractivity contribution is -0.139. The zero-order chi connectivity index (χ0) is 25.8.